The average molecular weight is 388 g/mol. The molecule has 7 nitrogen and oxygen atoms in total. The highest BCUT2D eigenvalue weighted by molar-refractivity contribution is 5.77. The standard InChI is InChI=1S/C17H23F3N4O3/c1-11(21)14-4-2-3-9-23(14)16(25)7-8-22-13-6-5-12(17(18,19)20)10-15(13)24(26)27/h5-6,10-11,14,22H,2-4,7-9,21H2,1H3. The second-order valence-corrected chi connectivity index (χ2v) is 6.67. The summed E-state index contributed by atoms with van der Waals surface area (Å²) in [6.07, 6.45) is -1.86. The fourth-order valence-electron chi connectivity index (χ4n) is 3.27. The van der Waals surface area contributed by atoms with Crippen LogP contribution in [0.4, 0.5) is 24.5 Å². The topological polar surface area (TPSA) is 102 Å². The van der Waals surface area contributed by atoms with E-state index in [-0.39, 0.29) is 36.6 Å². The van der Waals surface area contributed by atoms with Crippen molar-refractivity contribution in [3.63, 3.8) is 0 Å². The highest BCUT2D eigenvalue weighted by Crippen LogP contribution is 2.35. The second-order valence-electron chi connectivity index (χ2n) is 6.67. The van der Waals surface area contributed by atoms with Gasteiger partial charge in [-0.3, -0.25) is 14.9 Å². The van der Waals surface area contributed by atoms with Crippen molar-refractivity contribution < 1.29 is 22.9 Å². The number of nitro groups is 1. The predicted molar refractivity (Wildman–Crippen MR) is 94.2 cm³/mol. The molecule has 1 aliphatic heterocycles. The van der Waals surface area contributed by atoms with E-state index in [0.717, 1.165) is 31.4 Å². The minimum atomic E-state index is -4.67. The molecule has 2 atom stereocenters. The van der Waals surface area contributed by atoms with Crippen molar-refractivity contribution in [3.8, 4) is 0 Å². The van der Waals surface area contributed by atoms with E-state index in [9.17, 15) is 28.1 Å². The van der Waals surface area contributed by atoms with Gasteiger partial charge in [0.05, 0.1) is 10.5 Å². The molecule has 0 bridgehead atoms. The van der Waals surface area contributed by atoms with Gasteiger partial charge in [0.2, 0.25) is 5.91 Å². The van der Waals surface area contributed by atoms with Crippen molar-refractivity contribution in [1.82, 2.24) is 4.90 Å². The molecule has 1 amide bonds. The summed E-state index contributed by atoms with van der Waals surface area (Å²) in [5.74, 6) is -0.126. The third-order valence-corrected chi connectivity index (χ3v) is 4.65. The van der Waals surface area contributed by atoms with E-state index >= 15 is 0 Å². The Morgan fingerprint density at radius 3 is 2.74 bits per heavy atom. The Labute approximate surface area is 154 Å². The molecule has 2 unspecified atom stereocenters. The Morgan fingerprint density at radius 1 is 1.44 bits per heavy atom. The number of carbonyl (C=O) groups is 1. The smallest absolute Gasteiger partial charge is 0.379 e. The van der Waals surface area contributed by atoms with E-state index in [1.54, 1.807) is 4.90 Å². The molecule has 1 aliphatic rings. The summed E-state index contributed by atoms with van der Waals surface area (Å²) in [7, 11) is 0. The largest absolute Gasteiger partial charge is 0.416 e. The maximum absolute atomic E-state index is 12.7. The SMILES string of the molecule is CC(N)C1CCCCN1C(=O)CCNc1ccc(C(F)(F)F)cc1[N+](=O)[O-]. The van der Waals surface area contributed by atoms with Crippen LogP contribution >= 0.6 is 0 Å². The van der Waals surface area contributed by atoms with E-state index in [1.165, 1.54) is 0 Å². The van der Waals surface area contributed by atoms with Crippen molar-refractivity contribution in [1.29, 1.82) is 0 Å². The van der Waals surface area contributed by atoms with Gasteiger partial charge >= 0.3 is 6.18 Å². The van der Waals surface area contributed by atoms with Crippen molar-refractivity contribution in [2.75, 3.05) is 18.4 Å². The molecule has 1 saturated heterocycles. The molecule has 1 aromatic carbocycles. The van der Waals surface area contributed by atoms with Crippen LogP contribution in [0.15, 0.2) is 18.2 Å². The van der Waals surface area contributed by atoms with E-state index in [1.807, 2.05) is 6.92 Å². The average Bonchev–Trinajstić information content (AvgIpc) is 2.60. The van der Waals surface area contributed by atoms with Crippen molar-refractivity contribution >= 4 is 17.3 Å². The van der Waals surface area contributed by atoms with Gasteiger partial charge in [-0.2, -0.15) is 13.2 Å². The van der Waals surface area contributed by atoms with Gasteiger partial charge in [-0.15, -0.1) is 0 Å². The third kappa shape index (κ3) is 5.31. The molecular formula is C17H23F3N4O3. The number of amides is 1. The molecular weight excluding hydrogens is 365 g/mol. The number of carbonyl (C=O) groups excluding carboxylic acids is 1. The fraction of sp³-hybridized carbons (Fsp3) is 0.588. The first kappa shape index (κ1) is 20.9. The molecule has 27 heavy (non-hydrogen) atoms. The lowest BCUT2D eigenvalue weighted by Crippen LogP contribution is -2.51. The molecule has 0 saturated carbocycles. The molecule has 1 heterocycles. The van der Waals surface area contributed by atoms with Gasteiger partial charge in [-0.25, -0.2) is 0 Å². The van der Waals surface area contributed by atoms with Crippen LogP contribution in [0.5, 0.6) is 0 Å². The lowest BCUT2D eigenvalue weighted by Gasteiger charge is -2.38. The number of nitrogens with two attached hydrogens (primary N) is 1. The van der Waals surface area contributed by atoms with Gasteiger partial charge in [0.15, 0.2) is 0 Å². The summed E-state index contributed by atoms with van der Waals surface area (Å²) in [6.45, 7) is 2.54. The Balaban J connectivity index is 2.02. The molecule has 1 aromatic rings. The van der Waals surface area contributed by atoms with Crippen LogP contribution in [0.3, 0.4) is 0 Å². The Kier molecular flexibility index (Phi) is 6.63. The van der Waals surface area contributed by atoms with Crippen LogP contribution in [0.1, 0.15) is 38.2 Å². The molecule has 0 radical (unpaired) electrons. The molecule has 3 N–H and O–H groups in total. The zero-order chi connectivity index (χ0) is 20.2. The van der Waals surface area contributed by atoms with Crippen molar-refractivity contribution in [3.05, 3.63) is 33.9 Å². The number of hydrogen-bond donors (Lipinski definition) is 2. The monoisotopic (exact) mass is 388 g/mol. The number of nitrogens with one attached hydrogen (secondary N) is 1. The molecule has 2 rings (SSSR count). The Hall–Kier alpha value is -2.36. The lowest BCUT2D eigenvalue weighted by atomic mass is 9.96. The Bertz CT molecular complexity index is 694. The number of nitro benzene ring substituents is 1. The highest BCUT2D eigenvalue weighted by Gasteiger charge is 2.33. The van der Waals surface area contributed by atoms with Gasteiger partial charge in [0.1, 0.15) is 5.69 Å². The van der Waals surface area contributed by atoms with Crippen LogP contribution in [0.2, 0.25) is 0 Å². The minimum Gasteiger partial charge on any atom is -0.379 e. The molecule has 150 valence electrons. The summed E-state index contributed by atoms with van der Waals surface area (Å²) in [4.78, 5) is 24.4. The number of halogens is 3. The fourth-order valence-corrected chi connectivity index (χ4v) is 3.27. The van der Waals surface area contributed by atoms with Crippen LogP contribution in [0, 0.1) is 10.1 Å². The van der Waals surface area contributed by atoms with Gasteiger partial charge < -0.3 is 16.0 Å². The molecule has 0 spiro atoms. The van der Waals surface area contributed by atoms with Gasteiger partial charge in [-0.1, -0.05) is 0 Å². The first-order valence-electron chi connectivity index (χ1n) is 8.76. The van der Waals surface area contributed by atoms with Crippen molar-refractivity contribution in [2.24, 2.45) is 5.73 Å². The van der Waals surface area contributed by atoms with Gasteiger partial charge in [-0.05, 0) is 38.3 Å². The van der Waals surface area contributed by atoms with Gasteiger partial charge in [0.25, 0.3) is 5.69 Å². The number of likely N-dealkylation sites (tertiary alicyclic amines) is 1. The zero-order valence-electron chi connectivity index (χ0n) is 15.0. The number of piperidine rings is 1. The summed E-state index contributed by atoms with van der Waals surface area (Å²) in [5, 5.41) is 13.8. The number of benzene rings is 1. The van der Waals surface area contributed by atoms with Crippen molar-refractivity contribution in [2.45, 2.75) is 50.9 Å². The number of anilines is 1. The highest BCUT2D eigenvalue weighted by atomic mass is 19.4. The second kappa shape index (κ2) is 8.55. The van der Waals surface area contributed by atoms with E-state index in [2.05, 4.69) is 5.32 Å². The predicted octanol–water partition coefficient (Wildman–Crippen LogP) is 3.14. The van der Waals surface area contributed by atoms with E-state index < -0.39 is 22.4 Å². The summed E-state index contributed by atoms with van der Waals surface area (Å²) < 4.78 is 38.2. The maximum Gasteiger partial charge on any atom is 0.416 e. The third-order valence-electron chi connectivity index (χ3n) is 4.65. The molecule has 0 aliphatic carbocycles. The van der Waals surface area contributed by atoms with Crippen LogP contribution < -0.4 is 11.1 Å². The number of hydrogen-bond acceptors (Lipinski definition) is 5. The Morgan fingerprint density at radius 2 is 2.15 bits per heavy atom. The van der Waals surface area contributed by atoms with Gasteiger partial charge in [0, 0.05) is 37.7 Å². The minimum absolute atomic E-state index is 0.0355. The molecule has 0 aromatic heterocycles. The van der Waals surface area contributed by atoms with Crippen LogP contribution in [-0.4, -0.2) is 40.9 Å². The van der Waals surface area contributed by atoms with E-state index in [4.69, 9.17) is 5.73 Å². The number of nitrogens with zero attached hydrogens (tertiary/aromatic N) is 2. The molecule has 1 fully saturated rings. The van der Waals surface area contributed by atoms with Crippen LogP contribution in [-0.2, 0) is 11.0 Å². The quantitative estimate of drug-likeness (QED) is 0.576. The van der Waals surface area contributed by atoms with E-state index in [0.29, 0.717) is 12.6 Å². The summed E-state index contributed by atoms with van der Waals surface area (Å²) in [5.41, 5.74) is 4.12. The maximum atomic E-state index is 12.7. The normalized spacial score (nSPS) is 18.9. The zero-order valence-corrected chi connectivity index (χ0v) is 15.0. The number of rotatable bonds is 6. The van der Waals surface area contributed by atoms with Crippen LogP contribution in [0.25, 0.3) is 0 Å². The summed E-state index contributed by atoms with van der Waals surface area (Å²) in [6, 6.07) is 2.08. The first-order chi connectivity index (χ1) is 12.6. The molecule has 10 heteroatoms. The summed E-state index contributed by atoms with van der Waals surface area (Å²) >= 11 is 0. The number of alkyl halides is 3. The lowest BCUT2D eigenvalue weighted by molar-refractivity contribution is -0.384. The first-order valence-corrected chi connectivity index (χ1v) is 8.76.